The molecule has 4 rings (SSSR count). The predicted octanol–water partition coefficient (Wildman–Crippen LogP) is 4.87. The molecule has 4 aromatic rings. The van der Waals surface area contributed by atoms with Gasteiger partial charge in [0, 0.05) is 17.8 Å². The summed E-state index contributed by atoms with van der Waals surface area (Å²) >= 11 is 0. The maximum absolute atomic E-state index is 5.90. The molecular formula is C23H23N3O3. The van der Waals surface area contributed by atoms with Crippen molar-refractivity contribution in [3.8, 4) is 23.1 Å². The van der Waals surface area contributed by atoms with E-state index in [1.165, 1.54) is 0 Å². The molecule has 0 saturated carbocycles. The van der Waals surface area contributed by atoms with Gasteiger partial charge >= 0.3 is 0 Å². The Morgan fingerprint density at radius 2 is 1.76 bits per heavy atom. The Morgan fingerprint density at radius 1 is 0.966 bits per heavy atom. The van der Waals surface area contributed by atoms with Gasteiger partial charge in [-0.2, -0.15) is 0 Å². The van der Waals surface area contributed by atoms with Gasteiger partial charge in [0.2, 0.25) is 11.8 Å². The Kier molecular flexibility index (Phi) is 5.61. The fraction of sp³-hybridized carbons (Fsp3) is 0.217. The predicted molar refractivity (Wildman–Crippen MR) is 110 cm³/mol. The first kappa shape index (κ1) is 18.8. The van der Waals surface area contributed by atoms with Crippen molar-refractivity contribution < 1.29 is 13.9 Å². The van der Waals surface area contributed by atoms with Gasteiger partial charge in [0.15, 0.2) is 0 Å². The third-order valence-electron chi connectivity index (χ3n) is 4.47. The van der Waals surface area contributed by atoms with E-state index in [9.17, 15) is 0 Å². The molecule has 2 aromatic carbocycles. The summed E-state index contributed by atoms with van der Waals surface area (Å²) in [4.78, 5) is 4.57. The second kappa shape index (κ2) is 8.65. The second-order valence-electron chi connectivity index (χ2n) is 6.61. The number of aromatic nitrogens is 3. The minimum absolute atomic E-state index is 0.360. The molecule has 0 fully saturated rings. The molecule has 0 spiro atoms. The fourth-order valence-corrected chi connectivity index (χ4v) is 2.95. The summed E-state index contributed by atoms with van der Waals surface area (Å²) in [5.74, 6) is 2.81. The molecule has 2 aromatic heterocycles. The highest BCUT2D eigenvalue weighted by Crippen LogP contribution is 2.23. The van der Waals surface area contributed by atoms with E-state index in [1.54, 1.807) is 0 Å². The molecule has 0 radical (unpaired) electrons. The van der Waals surface area contributed by atoms with Crippen LogP contribution in [0, 0.1) is 6.92 Å². The molecule has 6 nitrogen and oxygen atoms in total. The van der Waals surface area contributed by atoms with Gasteiger partial charge in [-0.3, -0.25) is 4.68 Å². The van der Waals surface area contributed by atoms with E-state index in [1.807, 2.05) is 85.4 Å². The number of nitrogens with zero attached hydrogens (tertiary/aromatic N) is 3. The zero-order chi connectivity index (χ0) is 20.1. The molecule has 0 amide bonds. The number of ether oxygens (including phenoxy) is 2. The van der Waals surface area contributed by atoms with Crippen LogP contribution in [0.3, 0.4) is 0 Å². The summed E-state index contributed by atoms with van der Waals surface area (Å²) in [6.07, 6.45) is 1.91. The van der Waals surface area contributed by atoms with Crippen LogP contribution in [0.5, 0.6) is 11.6 Å². The van der Waals surface area contributed by atoms with E-state index in [4.69, 9.17) is 13.9 Å². The Morgan fingerprint density at radius 3 is 2.52 bits per heavy atom. The van der Waals surface area contributed by atoms with Crippen molar-refractivity contribution in [2.75, 3.05) is 6.61 Å². The first-order valence-electron chi connectivity index (χ1n) is 9.61. The van der Waals surface area contributed by atoms with Crippen molar-refractivity contribution in [2.24, 2.45) is 0 Å². The number of benzene rings is 2. The molecule has 0 N–H and O–H groups in total. The lowest BCUT2D eigenvalue weighted by Crippen LogP contribution is -2.02. The number of hydrogen-bond acceptors (Lipinski definition) is 5. The van der Waals surface area contributed by atoms with Gasteiger partial charge in [0.25, 0.3) is 0 Å². The van der Waals surface area contributed by atoms with E-state index in [-0.39, 0.29) is 0 Å². The van der Waals surface area contributed by atoms with Crippen LogP contribution in [-0.4, -0.2) is 21.4 Å². The van der Waals surface area contributed by atoms with Crippen LogP contribution in [0.1, 0.15) is 23.9 Å². The van der Waals surface area contributed by atoms with Gasteiger partial charge in [-0.05, 0) is 43.7 Å². The maximum Gasteiger partial charge on any atom is 0.232 e. The van der Waals surface area contributed by atoms with Crippen molar-refractivity contribution in [1.82, 2.24) is 14.8 Å². The summed E-state index contributed by atoms with van der Waals surface area (Å²) in [5, 5.41) is 4.38. The van der Waals surface area contributed by atoms with E-state index in [0.717, 1.165) is 28.3 Å². The van der Waals surface area contributed by atoms with E-state index < -0.39 is 0 Å². The Labute approximate surface area is 169 Å². The zero-order valence-corrected chi connectivity index (χ0v) is 16.5. The largest absolute Gasteiger partial charge is 0.487 e. The van der Waals surface area contributed by atoms with Gasteiger partial charge in [0.05, 0.1) is 13.2 Å². The van der Waals surface area contributed by atoms with Crippen LogP contribution in [-0.2, 0) is 13.2 Å². The van der Waals surface area contributed by atoms with Crippen molar-refractivity contribution in [2.45, 2.75) is 27.0 Å². The number of hydrogen-bond donors (Lipinski definition) is 0. The van der Waals surface area contributed by atoms with Gasteiger partial charge in [-0.15, -0.1) is 5.10 Å². The minimum atomic E-state index is 0.360. The van der Waals surface area contributed by atoms with Gasteiger partial charge in [-0.1, -0.05) is 30.3 Å². The van der Waals surface area contributed by atoms with Gasteiger partial charge in [-0.25, -0.2) is 4.98 Å². The molecule has 0 unspecified atom stereocenters. The number of aryl methyl sites for hydroxylation is 1. The fourth-order valence-electron chi connectivity index (χ4n) is 2.95. The topological polar surface area (TPSA) is 62.3 Å². The standard InChI is InChI=1S/C23H23N3O3/c1-3-27-22-13-14-26(25-22)15-18-9-11-20(12-10-18)28-16-21-17(2)29-23(24-21)19-7-5-4-6-8-19/h4-14H,3,15-16H2,1-2H3. The van der Waals surface area contributed by atoms with Crippen molar-refractivity contribution in [3.63, 3.8) is 0 Å². The van der Waals surface area contributed by atoms with Crippen LogP contribution in [0.15, 0.2) is 71.3 Å². The highest BCUT2D eigenvalue weighted by molar-refractivity contribution is 5.53. The molecule has 29 heavy (non-hydrogen) atoms. The average Bonchev–Trinajstić information content (AvgIpc) is 3.35. The van der Waals surface area contributed by atoms with Crippen LogP contribution in [0.25, 0.3) is 11.5 Å². The average molecular weight is 389 g/mol. The van der Waals surface area contributed by atoms with E-state index in [2.05, 4.69) is 10.1 Å². The monoisotopic (exact) mass is 389 g/mol. The third-order valence-corrected chi connectivity index (χ3v) is 4.47. The molecule has 0 atom stereocenters. The molecule has 0 aliphatic carbocycles. The minimum Gasteiger partial charge on any atom is -0.487 e. The van der Waals surface area contributed by atoms with Crippen LogP contribution < -0.4 is 9.47 Å². The summed E-state index contributed by atoms with van der Waals surface area (Å²) < 4.78 is 18.9. The summed E-state index contributed by atoms with van der Waals surface area (Å²) in [6, 6.07) is 19.7. The second-order valence-corrected chi connectivity index (χ2v) is 6.61. The molecule has 0 aliphatic rings. The molecule has 6 heteroatoms. The van der Waals surface area contributed by atoms with Crippen LogP contribution in [0.2, 0.25) is 0 Å². The number of oxazole rings is 1. The highest BCUT2D eigenvalue weighted by atomic mass is 16.5. The van der Waals surface area contributed by atoms with Crippen molar-refractivity contribution >= 4 is 0 Å². The quantitative estimate of drug-likeness (QED) is 0.430. The molecule has 2 heterocycles. The molecule has 0 aliphatic heterocycles. The molecule has 148 valence electrons. The summed E-state index contributed by atoms with van der Waals surface area (Å²) in [6.45, 7) is 5.50. The lowest BCUT2D eigenvalue weighted by atomic mass is 10.2. The Bertz CT molecular complexity index is 1050. The molecular weight excluding hydrogens is 366 g/mol. The third kappa shape index (κ3) is 4.66. The van der Waals surface area contributed by atoms with Gasteiger partial charge in [0.1, 0.15) is 23.8 Å². The lowest BCUT2D eigenvalue weighted by Gasteiger charge is -2.06. The first-order valence-corrected chi connectivity index (χ1v) is 9.61. The zero-order valence-electron chi connectivity index (χ0n) is 16.5. The lowest BCUT2D eigenvalue weighted by molar-refractivity contribution is 0.299. The van der Waals surface area contributed by atoms with Crippen molar-refractivity contribution in [1.29, 1.82) is 0 Å². The van der Waals surface area contributed by atoms with Gasteiger partial charge < -0.3 is 13.9 Å². The van der Waals surface area contributed by atoms with Crippen LogP contribution >= 0.6 is 0 Å². The highest BCUT2D eigenvalue weighted by Gasteiger charge is 2.12. The van der Waals surface area contributed by atoms with E-state index >= 15 is 0 Å². The Balaban J connectivity index is 1.36. The normalized spacial score (nSPS) is 10.8. The first-order chi connectivity index (χ1) is 14.2. The maximum atomic E-state index is 5.90. The summed E-state index contributed by atoms with van der Waals surface area (Å²) in [5.41, 5.74) is 2.89. The van der Waals surface area contributed by atoms with E-state index in [0.29, 0.717) is 31.5 Å². The smallest absolute Gasteiger partial charge is 0.232 e. The SMILES string of the molecule is CCOc1ccn(Cc2ccc(OCc3nc(-c4ccccc4)oc3C)cc2)n1. The summed E-state index contributed by atoms with van der Waals surface area (Å²) in [7, 11) is 0. The van der Waals surface area contributed by atoms with Crippen molar-refractivity contribution in [3.05, 3.63) is 83.9 Å². The number of rotatable bonds is 8. The molecule has 0 bridgehead atoms. The molecule has 0 saturated heterocycles. The van der Waals surface area contributed by atoms with Crippen LogP contribution in [0.4, 0.5) is 0 Å². The Hall–Kier alpha value is -3.54.